The van der Waals surface area contributed by atoms with Gasteiger partial charge in [-0.3, -0.25) is 4.79 Å². The molecule has 3 rings (SSSR count). The van der Waals surface area contributed by atoms with Gasteiger partial charge in [-0.05, 0) is 31.0 Å². The summed E-state index contributed by atoms with van der Waals surface area (Å²) in [7, 11) is 0. The molecule has 25 heavy (non-hydrogen) atoms. The fourth-order valence-electron chi connectivity index (χ4n) is 2.89. The Morgan fingerprint density at radius 3 is 2.64 bits per heavy atom. The number of halogens is 2. The van der Waals surface area contributed by atoms with Gasteiger partial charge in [-0.25, -0.2) is 8.78 Å². The van der Waals surface area contributed by atoms with Crippen molar-refractivity contribution in [2.24, 2.45) is 0 Å². The van der Waals surface area contributed by atoms with E-state index in [1.807, 2.05) is 19.1 Å². The molecule has 1 fully saturated rings. The average Bonchev–Trinajstić information content (AvgIpc) is 3.04. The second-order valence-electron chi connectivity index (χ2n) is 6.25. The number of carbonyl (C=O) groups excluding carboxylic acids is 1. The minimum absolute atomic E-state index is 0.0326. The molecular formula is C18H20F2N4O. The summed E-state index contributed by atoms with van der Waals surface area (Å²) in [4.78, 5) is 14.3. The Labute approximate surface area is 145 Å². The first-order chi connectivity index (χ1) is 12.0. The van der Waals surface area contributed by atoms with E-state index in [4.69, 9.17) is 0 Å². The van der Waals surface area contributed by atoms with Crippen LogP contribution in [-0.4, -0.2) is 35.2 Å². The Kier molecular flexibility index (Phi) is 5.21. The Morgan fingerprint density at radius 2 is 2.00 bits per heavy atom. The second kappa shape index (κ2) is 7.55. The van der Waals surface area contributed by atoms with Crippen LogP contribution < -0.4 is 10.2 Å². The third-order valence-corrected chi connectivity index (χ3v) is 4.26. The molecule has 0 saturated carbocycles. The number of amides is 1. The van der Waals surface area contributed by atoms with Crippen molar-refractivity contribution in [1.82, 2.24) is 15.5 Å². The molecule has 1 aromatic heterocycles. The van der Waals surface area contributed by atoms with E-state index in [0.29, 0.717) is 6.54 Å². The number of rotatable bonds is 5. The molecule has 2 heterocycles. The first kappa shape index (κ1) is 17.3. The lowest BCUT2D eigenvalue weighted by molar-refractivity contribution is -0.121. The largest absolute Gasteiger partial charge is 0.353 e. The van der Waals surface area contributed by atoms with Crippen molar-refractivity contribution in [2.75, 3.05) is 18.0 Å². The zero-order valence-electron chi connectivity index (χ0n) is 14.0. The highest BCUT2D eigenvalue weighted by Crippen LogP contribution is 2.19. The van der Waals surface area contributed by atoms with Crippen molar-refractivity contribution >= 4 is 11.7 Å². The summed E-state index contributed by atoms with van der Waals surface area (Å²) in [6, 6.07) is 9.76. The lowest BCUT2D eigenvalue weighted by Gasteiger charge is -2.17. The quantitative estimate of drug-likeness (QED) is 0.904. The van der Waals surface area contributed by atoms with E-state index < -0.39 is 6.43 Å². The van der Waals surface area contributed by atoms with Gasteiger partial charge in [-0.15, -0.1) is 5.10 Å². The van der Waals surface area contributed by atoms with Crippen LogP contribution in [0.5, 0.6) is 0 Å². The molecule has 0 radical (unpaired) electrons. The molecule has 1 aromatic carbocycles. The Hall–Kier alpha value is -2.57. The molecule has 5 nitrogen and oxygen atoms in total. The van der Waals surface area contributed by atoms with Crippen molar-refractivity contribution in [2.45, 2.75) is 32.2 Å². The topological polar surface area (TPSA) is 58.1 Å². The second-order valence-corrected chi connectivity index (χ2v) is 6.25. The zero-order valence-corrected chi connectivity index (χ0v) is 14.0. The fraction of sp³-hybridized carbons (Fsp3) is 0.389. The first-order valence-electron chi connectivity index (χ1n) is 8.23. The van der Waals surface area contributed by atoms with Gasteiger partial charge in [0.05, 0.1) is 12.1 Å². The van der Waals surface area contributed by atoms with Gasteiger partial charge in [0, 0.05) is 24.7 Å². The number of hydrogen-bond donors (Lipinski definition) is 1. The minimum Gasteiger partial charge on any atom is -0.353 e. The molecule has 1 amide bonds. The standard InChI is InChI=1S/C18H20F2N4O/c1-12-2-7-16(23-22-12)24-9-8-15(11-24)21-17(25)10-13-3-5-14(6-4-13)18(19)20/h2-7,15,18H,8-11H2,1H3,(H,21,25)/t15-/m1/s1. The van der Waals surface area contributed by atoms with Gasteiger partial charge in [-0.1, -0.05) is 24.3 Å². The van der Waals surface area contributed by atoms with Crippen LogP contribution >= 0.6 is 0 Å². The first-order valence-corrected chi connectivity index (χ1v) is 8.23. The molecule has 0 bridgehead atoms. The van der Waals surface area contributed by atoms with Crippen molar-refractivity contribution in [1.29, 1.82) is 0 Å². The fourth-order valence-corrected chi connectivity index (χ4v) is 2.89. The highest BCUT2D eigenvalue weighted by molar-refractivity contribution is 5.79. The molecule has 0 unspecified atom stereocenters. The molecule has 7 heteroatoms. The Balaban J connectivity index is 1.51. The summed E-state index contributed by atoms with van der Waals surface area (Å²) >= 11 is 0. The van der Waals surface area contributed by atoms with Gasteiger partial charge in [0.15, 0.2) is 5.82 Å². The van der Waals surface area contributed by atoms with E-state index in [9.17, 15) is 13.6 Å². The molecule has 132 valence electrons. The van der Waals surface area contributed by atoms with Gasteiger partial charge < -0.3 is 10.2 Å². The van der Waals surface area contributed by atoms with Crippen molar-refractivity contribution in [3.05, 3.63) is 53.2 Å². The molecule has 1 aliphatic rings. The highest BCUT2D eigenvalue weighted by Gasteiger charge is 2.25. The van der Waals surface area contributed by atoms with Crippen LogP contribution in [0, 0.1) is 6.92 Å². The molecule has 1 N–H and O–H groups in total. The molecular weight excluding hydrogens is 326 g/mol. The Morgan fingerprint density at radius 1 is 1.24 bits per heavy atom. The highest BCUT2D eigenvalue weighted by atomic mass is 19.3. The van der Waals surface area contributed by atoms with Gasteiger partial charge >= 0.3 is 0 Å². The number of anilines is 1. The van der Waals surface area contributed by atoms with Crippen molar-refractivity contribution in [3.63, 3.8) is 0 Å². The summed E-state index contributed by atoms with van der Waals surface area (Å²) in [5, 5.41) is 11.2. The average molecular weight is 346 g/mol. The summed E-state index contributed by atoms with van der Waals surface area (Å²) < 4.78 is 25.1. The van der Waals surface area contributed by atoms with Crippen LogP contribution in [0.1, 0.15) is 29.7 Å². The van der Waals surface area contributed by atoms with E-state index in [-0.39, 0.29) is 23.9 Å². The Bertz CT molecular complexity index is 719. The van der Waals surface area contributed by atoms with Crippen LogP contribution in [0.2, 0.25) is 0 Å². The monoisotopic (exact) mass is 346 g/mol. The van der Waals surface area contributed by atoms with Crippen LogP contribution in [0.15, 0.2) is 36.4 Å². The lowest BCUT2D eigenvalue weighted by Crippen LogP contribution is -2.38. The van der Waals surface area contributed by atoms with E-state index in [1.165, 1.54) is 12.1 Å². The number of nitrogens with one attached hydrogen (secondary N) is 1. The summed E-state index contributed by atoms with van der Waals surface area (Å²) in [6.45, 7) is 3.39. The summed E-state index contributed by atoms with van der Waals surface area (Å²) in [6.07, 6.45) is -1.46. The molecule has 1 saturated heterocycles. The smallest absolute Gasteiger partial charge is 0.263 e. The summed E-state index contributed by atoms with van der Waals surface area (Å²) in [5.74, 6) is 0.705. The predicted molar refractivity (Wildman–Crippen MR) is 90.6 cm³/mol. The van der Waals surface area contributed by atoms with Gasteiger partial charge in [0.2, 0.25) is 5.91 Å². The number of hydrogen-bond acceptors (Lipinski definition) is 4. The number of carbonyl (C=O) groups is 1. The maximum absolute atomic E-state index is 12.5. The van der Waals surface area contributed by atoms with Crippen LogP contribution in [-0.2, 0) is 11.2 Å². The van der Waals surface area contributed by atoms with Crippen LogP contribution in [0.4, 0.5) is 14.6 Å². The third-order valence-electron chi connectivity index (χ3n) is 4.26. The lowest BCUT2D eigenvalue weighted by atomic mass is 10.1. The maximum atomic E-state index is 12.5. The van der Waals surface area contributed by atoms with Gasteiger partial charge in [0.1, 0.15) is 0 Å². The van der Waals surface area contributed by atoms with E-state index in [0.717, 1.165) is 30.0 Å². The summed E-state index contributed by atoms with van der Waals surface area (Å²) in [5.41, 5.74) is 1.56. The number of nitrogens with zero attached hydrogens (tertiary/aromatic N) is 3. The SMILES string of the molecule is Cc1ccc(N2CC[C@@H](NC(=O)Cc3ccc(C(F)F)cc3)C2)nn1. The van der Waals surface area contributed by atoms with Gasteiger partial charge in [0.25, 0.3) is 6.43 Å². The van der Waals surface area contributed by atoms with Crippen molar-refractivity contribution in [3.8, 4) is 0 Å². The molecule has 1 atom stereocenters. The molecule has 0 spiro atoms. The van der Waals surface area contributed by atoms with Crippen LogP contribution in [0.3, 0.4) is 0 Å². The zero-order chi connectivity index (χ0) is 17.8. The van der Waals surface area contributed by atoms with E-state index >= 15 is 0 Å². The minimum atomic E-state index is -2.49. The number of alkyl halides is 2. The number of aromatic nitrogens is 2. The maximum Gasteiger partial charge on any atom is 0.263 e. The van der Waals surface area contributed by atoms with Crippen LogP contribution in [0.25, 0.3) is 0 Å². The normalized spacial score (nSPS) is 17.1. The molecule has 1 aliphatic heterocycles. The predicted octanol–water partition coefficient (Wildman–Crippen LogP) is 2.66. The molecule has 2 aromatic rings. The van der Waals surface area contributed by atoms with E-state index in [1.54, 1.807) is 12.1 Å². The van der Waals surface area contributed by atoms with E-state index in [2.05, 4.69) is 20.4 Å². The number of aryl methyl sites for hydroxylation is 1. The van der Waals surface area contributed by atoms with Gasteiger partial charge in [-0.2, -0.15) is 5.10 Å². The number of benzene rings is 1. The molecule has 0 aliphatic carbocycles. The third kappa shape index (κ3) is 4.49. The van der Waals surface area contributed by atoms with Crippen molar-refractivity contribution < 1.29 is 13.6 Å².